The number of carbonyl (C=O) groups excluding carboxylic acids is 1. The van der Waals surface area contributed by atoms with Gasteiger partial charge in [-0.05, 0) is 12.1 Å². The molecule has 2 N–H and O–H groups in total. The molecule has 0 saturated carbocycles. The average molecular weight is 454 g/mol. The number of amides is 1. The van der Waals surface area contributed by atoms with Crippen molar-refractivity contribution in [3.63, 3.8) is 0 Å². The zero-order chi connectivity index (χ0) is 22.5. The standard InChI is InChI=1S/C21H20FN7O2S/c1-24-20(30)14-2-3-16(15(12-23)27-14)29-9-5-13(6-10-29)31-17-4-7-25-19(18(17)22)28-21-26-8-11-32-21/h2-4,7-8,11,13H,5-6,9-10H2,1H3,(H,24,30)(H,25,26,28). The van der Waals surface area contributed by atoms with Gasteiger partial charge in [0.25, 0.3) is 5.91 Å². The van der Waals surface area contributed by atoms with E-state index in [0.717, 1.165) is 0 Å². The highest BCUT2D eigenvalue weighted by atomic mass is 32.1. The van der Waals surface area contributed by atoms with E-state index in [0.29, 0.717) is 36.8 Å². The van der Waals surface area contributed by atoms with Crippen LogP contribution in [0.3, 0.4) is 0 Å². The zero-order valence-corrected chi connectivity index (χ0v) is 18.0. The summed E-state index contributed by atoms with van der Waals surface area (Å²) in [6.07, 6.45) is 4.21. The first-order valence-electron chi connectivity index (χ1n) is 9.95. The summed E-state index contributed by atoms with van der Waals surface area (Å²) < 4.78 is 20.8. The van der Waals surface area contributed by atoms with Crippen molar-refractivity contribution in [1.82, 2.24) is 20.3 Å². The van der Waals surface area contributed by atoms with Gasteiger partial charge >= 0.3 is 0 Å². The van der Waals surface area contributed by atoms with E-state index in [1.807, 2.05) is 4.90 Å². The third-order valence-corrected chi connectivity index (χ3v) is 5.72. The maximum absolute atomic E-state index is 14.8. The molecule has 0 bridgehead atoms. The van der Waals surface area contributed by atoms with Gasteiger partial charge in [-0.15, -0.1) is 11.3 Å². The predicted octanol–water partition coefficient (Wildman–Crippen LogP) is 3.09. The number of aromatic nitrogens is 3. The Bertz CT molecular complexity index is 1140. The molecule has 1 aliphatic heterocycles. The Labute approximate surface area is 187 Å². The molecule has 1 saturated heterocycles. The Hall–Kier alpha value is -3.78. The number of hydrogen-bond acceptors (Lipinski definition) is 9. The van der Waals surface area contributed by atoms with Crippen molar-refractivity contribution in [3.8, 4) is 11.8 Å². The van der Waals surface area contributed by atoms with Gasteiger partial charge in [0.2, 0.25) is 5.82 Å². The quantitative estimate of drug-likeness (QED) is 0.585. The van der Waals surface area contributed by atoms with E-state index in [1.54, 1.807) is 23.7 Å². The number of pyridine rings is 2. The number of carbonyl (C=O) groups is 1. The van der Waals surface area contributed by atoms with Crippen LogP contribution in [0, 0.1) is 17.1 Å². The van der Waals surface area contributed by atoms with Crippen LogP contribution in [0.4, 0.5) is 21.0 Å². The van der Waals surface area contributed by atoms with E-state index in [9.17, 15) is 14.4 Å². The zero-order valence-electron chi connectivity index (χ0n) is 17.2. The van der Waals surface area contributed by atoms with E-state index in [4.69, 9.17) is 4.74 Å². The molecule has 11 heteroatoms. The molecule has 0 aromatic carbocycles. The molecule has 4 rings (SSSR count). The van der Waals surface area contributed by atoms with E-state index in [-0.39, 0.29) is 35.0 Å². The molecule has 4 heterocycles. The predicted molar refractivity (Wildman–Crippen MR) is 118 cm³/mol. The SMILES string of the molecule is CNC(=O)c1ccc(N2CCC(Oc3ccnc(Nc4nccs4)c3F)CC2)c(C#N)n1. The summed E-state index contributed by atoms with van der Waals surface area (Å²) in [5.74, 6) is -0.711. The number of ether oxygens (including phenoxy) is 1. The van der Waals surface area contributed by atoms with Crippen LogP contribution in [-0.2, 0) is 0 Å². The third-order valence-electron chi connectivity index (χ3n) is 5.03. The summed E-state index contributed by atoms with van der Waals surface area (Å²) in [5.41, 5.74) is 1.06. The second-order valence-corrected chi connectivity index (χ2v) is 7.89. The molecule has 164 valence electrons. The Morgan fingerprint density at radius 1 is 1.28 bits per heavy atom. The molecule has 0 unspecified atom stereocenters. The van der Waals surface area contributed by atoms with Gasteiger partial charge in [0.1, 0.15) is 17.9 Å². The van der Waals surface area contributed by atoms with Crippen molar-refractivity contribution >= 4 is 33.9 Å². The monoisotopic (exact) mass is 453 g/mol. The lowest BCUT2D eigenvalue weighted by molar-refractivity contribution is 0.0958. The fourth-order valence-electron chi connectivity index (χ4n) is 3.43. The van der Waals surface area contributed by atoms with Crippen molar-refractivity contribution in [2.24, 2.45) is 0 Å². The van der Waals surface area contributed by atoms with Crippen molar-refractivity contribution in [1.29, 1.82) is 5.26 Å². The minimum atomic E-state index is -0.564. The van der Waals surface area contributed by atoms with E-state index >= 15 is 0 Å². The highest BCUT2D eigenvalue weighted by Gasteiger charge is 2.25. The first-order chi connectivity index (χ1) is 15.6. The molecule has 32 heavy (non-hydrogen) atoms. The Morgan fingerprint density at radius 3 is 2.78 bits per heavy atom. The molecule has 0 atom stereocenters. The van der Waals surface area contributed by atoms with Crippen molar-refractivity contribution in [3.05, 3.63) is 53.2 Å². The molecule has 1 fully saturated rings. The number of thiazole rings is 1. The van der Waals surface area contributed by atoms with E-state index in [2.05, 4.69) is 31.7 Å². The minimum Gasteiger partial charge on any atom is -0.487 e. The van der Waals surface area contributed by atoms with Gasteiger partial charge in [-0.25, -0.2) is 15.0 Å². The lowest BCUT2D eigenvalue weighted by Gasteiger charge is -2.34. The van der Waals surface area contributed by atoms with Gasteiger partial charge in [-0.1, -0.05) is 0 Å². The molecular weight excluding hydrogens is 433 g/mol. The van der Waals surface area contributed by atoms with Gasteiger partial charge in [-0.2, -0.15) is 9.65 Å². The second kappa shape index (κ2) is 9.57. The molecule has 3 aromatic rings. The highest BCUT2D eigenvalue weighted by Crippen LogP contribution is 2.29. The van der Waals surface area contributed by atoms with Gasteiger partial charge in [0.05, 0.1) is 5.69 Å². The maximum atomic E-state index is 14.8. The topological polar surface area (TPSA) is 116 Å². The molecule has 0 aliphatic carbocycles. The molecule has 1 aliphatic rings. The van der Waals surface area contributed by atoms with Crippen LogP contribution in [0.1, 0.15) is 29.0 Å². The van der Waals surface area contributed by atoms with Crippen LogP contribution in [0.25, 0.3) is 0 Å². The number of nitrogens with one attached hydrogen (secondary N) is 2. The minimum absolute atomic E-state index is 0.0656. The lowest BCUT2D eigenvalue weighted by Crippen LogP contribution is -2.39. The number of halogens is 1. The normalized spacial score (nSPS) is 14.0. The summed E-state index contributed by atoms with van der Waals surface area (Å²) in [6.45, 7) is 1.22. The molecule has 1 amide bonds. The number of anilines is 3. The molecule has 9 nitrogen and oxygen atoms in total. The number of hydrogen-bond donors (Lipinski definition) is 2. The summed E-state index contributed by atoms with van der Waals surface area (Å²) in [4.78, 5) is 26.1. The van der Waals surface area contributed by atoms with E-state index in [1.165, 1.54) is 30.6 Å². The lowest BCUT2D eigenvalue weighted by atomic mass is 10.1. The fraction of sp³-hybridized carbons (Fsp3) is 0.286. The van der Waals surface area contributed by atoms with Crippen LogP contribution in [0.2, 0.25) is 0 Å². The van der Waals surface area contributed by atoms with Crippen LogP contribution in [-0.4, -0.2) is 47.1 Å². The number of piperidine rings is 1. The van der Waals surface area contributed by atoms with Crippen LogP contribution >= 0.6 is 11.3 Å². The molecular formula is C21H20FN7O2S. The molecule has 0 radical (unpaired) electrons. The highest BCUT2D eigenvalue weighted by molar-refractivity contribution is 7.13. The number of nitrogens with zero attached hydrogens (tertiary/aromatic N) is 5. The van der Waals surface area contributed by atoms with Crippen LogP contribution in [0.15, 0.2) is 36.0 Å². The van der Waals surface area contributed by atoms with Crippen molar-refractivity contribution < 1.29 is 13.9 Å². The first kappa shape index (κ1) is 21.5. The Kier molecular flexibility index (Phi) is 6.42. The van der Waals surface area contributed by atoms with Gasteiger partial charge < -0.3 is 20.3 Å². The fourth-order valence-corrected chi connectivity index (χ4v) is 3.96. The summed E-state index contributed by atoms with van der Waals surface area (Å²) >= 11 is 1.35. The largest absolute Gasteiger partial charge is 0.487 e. The van der Waals surface area contributed by atoms with Crippen LogP contribution < -0.4 is 20.3 Å². The van der Waals surface area contributed by atoms with Crippen molar-refractivity contribution in [2.75, 3.05) is 30.4 Å². The summed E-state index contributed by atoms with van der Waals surface area (Å²) in [6, 6.07) is 6.90. The second-order valence-electron chi connectivity index (χ2n) is 6.99. The summed E-state index contributed by atoms with van der Waals surface area (Å²) in [5, 5.41) is 17.2. The molecule has 0 spiro atoms. The average Bonchev–Trinajstić information content (AvgIpc) is 3.34. The molecule has 3 aromatic heterocycles. The third kappa shape index (κ3) is 4.60. The van der Waals surface area contributed by atoms with Crippen molar-refractivity contribution in [2.45, 2.75) is 18.9 Å². The van der Waals surface area contributed by atoms with Gasteiger partial charge in [0.15, 0.2) is 22.4 Å². The first-order valence-corrected chi connectivity index (χ1v) is 10.8. The van der Waals surface area contributed by atoms with Gasteiger partial charge in [0, 0.05) is 56.8 Å². The summed E-state index contributed by atoms with van der Waals surface area (Å²) in [7, 11) is 1.51. The maximum Gasteiger partial charge on any atom is 0.269 e. The Balaban J connectivity index is 1.41. The Morgan fingerprint density at radius 2 is 2.09 bits per heavy atom. The van der Waals surface area contributed by atoms with E-state index < -0.39 is 5.82 Å². The smallest absolute Gasteiger partial charge is 0.269 e. The number of rotatable bonds is 6. The van der Waals surface area contributed by atoms with Crippen LogP contribution in [0.5, 0.6) is 5.75 Å². The number of nitriles is 1. The van der Waals surface area contributed by atoms with Gasteiger partial charge in [-0.3, -0.25) is 4.79 Å².